The number of hydrogen-bond donors (Lipinski definition) is 1. The highest BCUT2D eigenvalue weighted by Gasteiger charge is 2.53. The van der Waals surface area contributed by atoms with Crippen LogP contribution in [0.2, 0.25) is 0 Å². The zero-order chi connectivity index (χ0) is 15.0. The maximum atomic E-state index is 12.8. The van der Waals surface area contributed by atoms with E-state index in [1.54, 1.807) is 24.3 Å². The van der Waals surface area contributed by atoms with Gasteiger partial charge < -0.3 is 15.0 Å². The fourth-order valence-electron chi connectivity index (χ4n) is 1.41. The third-order valence-electron chi connectivity index (χ3n) is 2.81. The Bertz CT molecular complexity index is 591. The Labute approximate surface area is 112 Å². The van der Waals surface area contributed by atoms with Crippen LogP contribution in [-0.2, 0) is 5.54 Å². The Balaban J connectivity index is 2.33. The topological polar surface area (TPSA) is 74.2 Å². The Morgan fingerprint density at radius 2 is 1.80 bits per heavy atom. The summed E-state index contributed by atoms with van der Waals surface area (Å²) in [6.45, 7) is 0.776. The lowest BCUT2D eigenvalue weighted by molar-refractivity contribution is -0.190. The number of hydrogen-bond acceptors (Lipinski definition) is 5. The molecule has 0 saturated heterocycles. The predicted octanol–water partition coefficient (Wildman–Crippen LogP) is 2.48. The molecule has 0 aliphatic carbocycles. The Kier molecular flexibility index (Phi) is 3.43. The van der Waals surface area contributed by atoms with Gasteiger partial charge in [-0.2, -0.15) is 18.2 Å². The second-order valence-corrected chi connectivity index (χ2v) is 4.35. The quantitative estimate of drug-likeness (QED) is 0.938. The van der Waals surface area contributed by atoms with Gasteiger partial charge >= 0.3 is 6.18 Å². The lowest BCUT2D eigenvalue weighted by atomic mass is 10.0. The molecule has 0 saturated carbocycles. The molecule has 0 amide bonds. The first kappa shape index (κ1) is 14.3. The minimum absolute atomic E-state index is 0.0311. The second kappa shape index (κ2) is 4.78. The van der Waals surface area contributed by atoms with Gasteiger partial charge in [-0.05, 0) is 31.2 Å². The summed E-state index contributed by atoms with van der Waals surface area (Å²) in [5, 5.41) is 3.51. The van der Waals surface area contributed by atoms with Gasteiger partial charge in [0.1, 0.15) is 5.75 Å². The number of aromatic nitrogens is 2. The summed E-state index contributed by atoms with van der Waals surface area (Å²) in [6.07, 6.45) is -4.68. The molecule has 2 N–H and O–H groups in total. The van der Waals surface area contributed by atoms with Crippen LogP contribution in [0.3, 0.4) is 0 Å². The molecule has 1 heterocycles. The molecule has 2 aromatic rings. The van der Waals surface area contributed by atoms with Crippen LogP contribution in [0.4, 0.5) is 13.2 Å². The molecule has 0 fully saturated rings. The van der Waals surface area contributed by atoms with Crippen molar-refractivity contribution >= 4 is 0 Å². The van der Waals surface area contributed by atoms with E-state index in [0.29, 0.717) is 11.3 Å². The molecule has 0 bridgehead atoms. The Morgan fingerprint density at radius 1 is 1.20 bits per heavy atom. The fraction of sp³-hybridized carbons (Fsp3) is 0.333. The summed E-state index contributed by atoms with van der Waals surface area (Å²) in [4.78, 5) is 3.71. The van der Waals surface area contributed by atoms with Gasteiger partial charge in [0.05, 0.1) is 7.11 Å². The molecule has 5 nitrogen and oxygen atoms in total. The molecular formula is C12H12F3N3O2. The van der Waals surface area contributed by atoms with Crippen LogP contribution in [0, 0.1) is 0 Å². The van der Waals surface area contributed by atoms with Gasteiger partial charge in [-0.1, -0.05) is 5.16 Å². The minimum Gasteiger partial charge on any atom is -0.497 e. The van der Waals surface area contributed by atoms with Crippen molar-refractivity contribution in [1.29, 1.82) is 0 Å². The molecule has 0 spiro atoms. The van der Waals surface area contributed by atoms with E-state index in [1.165, 1.54) is 7.11 Å². The largest absolute Gasteiger partial charge is 0.497 e. The van der Waals surface area contributed by atoms with Gasteiger partial charge in [-0.3, -0.25) is 0 Å². The number of methoxy groups -OCH3 is 1. The van der Waals surface area contributed by atoms with Gasteiger partial charge in [-0.25, -0.2) is 0 Å². The lowest BCUT2D eigenvalue weighted by Gasteiger charge is -2.22. The van der Waals surface area contributed by atoms with Crippen molar-refractivity contribution < 1.29 is 22.4 Å². The van der Waals surface area contributed by atoms with Crippen LogP contribution in [0.25, 0.3) is 11.4 Å². The van der Waals surface area contributed by atoms with Crippen LogP contribution in [0.1, 0.15) is 12.8 Å². The average Bonchev–Trinajstić information content (AvgIpc) is 2.87. The molecule has 2 rings (SSSR count). The van der Waals surface area contributed by atoms with E-state index in [2.05, 4.69) is 14.7 Å². The molecular weight excluding hydrogens is 275 g/mol. The van der Waals surface area contributed by atoms with Crippen LogP contribution < -0.4 is 10.5 Å². The van der Waals surface area contributed by atoms with E-state index in [0.717, 1.165) is 6.92 Å². The summed E-state index contributed by atoms with van der Waals surface area (Å²) in [7, 11) is 1.50. The third kappa shape index (κ3) is 2.46. The molecule has 1 atom stereocenters. The molecule has 108 valence electrons. The van der Waals surface area contributed by atoms with Crippen molar-refractivity contribution in [1.82, 2.24) is 10.1 Å². The molecule has 0 radical (unpaired) electrons. The normalized spacial score (nSPS) is 14.9. The minimum atomic E-state index is -4.68. The molecule has 8 heteroatoms. The van der Waals surface area contributed by atoms with Crippen molar-refractivity contribution in [2.75, 3.05) is 7.11 Å². The fourth-order valence-corrected chi connectivity index (χ4v) is 1.41. The molecule has 20 heavy (non-hydrogen) atoms. The van der Waals surface area contributed by atoms with Gasteiger partial charge in [0.25, 0.3) is 5.89 Å². The standard InChI is InChI=1S/C12H12F3N3O2/c1-11(16,12(13,14)15)10-17-9(18-20-10)7-3-5-8(19-2)6-4-7/h3-6H,16H2,1-2H3. The van der Waals surface area contributed by atoms with E-state index in [-0.39, 0.29) is 5.82 Å². The van der Waals surface area contributed by atoms with Crippen molar-refractivity contribution in [3.05, 3.63) is 30.2 Å². The SMILES string of the molecule is COc1ccc(-c2noc(C(C)(N)C(F)(F)F)n2)cc1. The first-order valence-corrected chi connectivity index (χ1v) is 5.60. The van der Waals surface area contributed by atoms with Gasteiger partial charge in [0.2, 0.25) is 5.82 Å². The smallest absolute Gasteiger partial charge is 0.415 e. The number of halogens is 3. The number of rotatable bonds is 3. The van der Waals surface area contributed by atoms with Gasteiger partial charge in [-0.15, -0.1) is 0 Å². The first-order chi connectivity index (χ1) is 9.25. The Hall–Kier alpha value is -2.09. The van der Waals surface area contributed by atoms with E-state index in [1.807, 2.05) is 0 Å². The summed E-state index contributed by atoms with van der Waals surface area (Å²) >= 11 is 0. The van der Waals surface area contributed by atoms with E-state index in [4.69, 9.17) is 10.5 Å². The third-order valence-corrected chi connectivity index (χ3v) is 2.81. The zero-order valence-electron chi connectivity index (χ0n) is 10.7. The number of ether oxygens (including phenoxy) is 1. The van der Waals surface area contributed by atoms with Crippen LogP contribution >= 0.6 is 0 Å². The molecule has 1 aromatic carbocycles. The van der Waals surface area contributed by atoms with Crippen molar-refractivity contribution in [2.24, 2.45) is 5.73 Å². The van der Waals surface area contributed by atoms with E-state index in [9.17, 15) is 13.2 Å². The lowest BCUT2D eigenvalue weighted by Crippen LogP contribution is -2.47. The van der Waals surface area contributed by atoms with Gasteiger partial charge in [0.15, 0.2) is 5.54 Å². The summed E-state index contributed by atoms with van der Waals surface area (Å²) in [6, 6.07) is 6.48. The van der Waals surface area contributed by atoms with Gasteiger partial charge in [0, 0.05) is 5.56 Å². The molecule has 0 aliphatic heterocycles. The highest BCUT2D eigenvalue weighted by atomic mass is 19.4. The maximum absolute atomic E-state index is 12.8. The van der Waals surface area contributed by atoms with Crippen molar-refractivity contribution in [3.63, 3.8) is 0 Å². The molecule has 0 aliphatic rings. The number of alkyl halides is 3. The van der Waals surface area contributed by atoms with Crippen LogP contribution in [-0.4, -0.2) is 23.4 Å². The number of nitrogens with two attached hydrogens (primary N) is 1. The second-order valence-electron chi connectivity index (χ2n) is 4.35. The average molecular weight is 287 g/mol. The van der Waals surface area contributed by atoms with Crippen molar-refractivity contribution in [3.8, 4) is 17.1 Å². The molecule has 1 unspecified atom stereocenters. The number of benzene rings is 1. The summed E-state index contributed by atoms with van der Waals surface area (Å²) in [5.74, 6) is -0.0455. The van der Waals surface area contributed by atoms with Crippen molar-refractivity contribution in [2.45, 2.75) is 18.6 Å². The Morgan fingerprint density at radius 3 is 2.30 bits per heavy atom. The first-order valence-electron chi connectivity index (χ1n) is 5.60. The summed E-state index contributed by atoms with van der Waals surface area (Å²) in [5.41, 5.74) is 3.02. The zero-order valence-corrected chi connectivity index (χ0v) is 10.7. The maximum Gasteiger partial charge on any atom is 0.415 e. The van der Waals surface area contributed by atoms with E-state index < -0.39 is 17.6 Å². The predicted molar refractivity (Wildman–Crippen MR) is 63.9 cm³/mol. The highest BCUT2D eigenvalue weighted by Crippen LogP contribution is 2.36. The monoisotopic (exact) mass is 287 g/mol. The summed E-state index contributed by atoms with van der Waals surface area (Å²) < 4.78 is 47.9. The highest BCUT2D eigenvalue weighted by molar-refractivity contribution is 5.55. The van der Waals surface area contributed by atoms with E-state index >= 15 is 0 Å². The van der Waals surface area contributed by atoms with Crippen LogP contribution in [0.15, 0.2) is 28.8 Å². The molecule has 1 aromatic heterocycles. The van der Waals surface area contributed by atoms with Crippen LogP contribution in [0.5, 0.6) is 5.75 Å². The number of nitrogens with zero attached hydrogens (tertiary/aromatic N) is 2.